The van der Waals surface area contributed by atoms with E-state index in [0.29, 0.717) is 32.7 Å². The number of sulfone groups is 1. The number of carbonyl (C=O) groups is 1. The average Bonchev–Trinajstić information content (AvgIpc) is 3.05. The van der Waals surface area contributed by atoms with Crippen LogP contribution in [0.3, 0.4) is 0 Å². The van der Waals surface area contributed by atoms with E-state index in [4.69, 9.17) is 16.0 Å². The van der Waals surface area contributed by atoms with Gasteiger partial charge in [-0.3, -0.25) is 10.0 Å². The molecule has 0 saturated heterocycles. The molecular weight excluding hydrogens is 404 g/mol. The van der Waals surface area contributed by atoms with Crippen LogP contribution in [0.25, 0.3) is 22.6 Å². The van der Waals surface area contributed by atoms with Crippen LogP contribution in [0.5, 0.6) is 0 Å². The fraction of sp³-hybridized carbons (Fsp3) is 0.158. The quantitative estimate of drug-likeness (QED) is 0.501. The van der Waals surface area contributed by atoms with E-state index in [2.05, 4.69) is 4.98 Å². The Balaban J connectivity index is 2.08. The molecule has 1 heterocycles. The van der Waals surface area contributed by atoms with Gasteiger partial charge in [0.2, 0.25) is 5.89 Å². The van der Waals surface area contributed by atoms with E-state index in [1.807, 2.05) is 0 Å². The van der Waals surface area contributed by atoms with Gasteiger partial charge in [-0.15, -0.1) is 0 Å². The zero-order valence-corrected chi connectivity index (χ0v) is 16.7. The van der Waals surface area contributed by atoms with Crippen LogP contribution >= 0.6 is 11.6 Å². The Kier molecular flexibility index (Phi) is 5.55. The van der Waals surface area contributed by atoms with Crippen molar-refractivity contribution < 1.29 is 22.8 Å². The second kappa shape index (κ2) is 7.75. The van der Waals surface area contributed by atoms with Crippen LogP contribution in [0, 0.1) is 0 Å². The molecule has 0 unspecified atom stereocenters. The molecule has 0 bridgehead atoms. The van der Waals surface area contributed by atoms with Gasteiger partial charge in [0.05, 0.1) is 4.90 Å². The lowest BCUT2D eigenvalue weighted by Crippen LogP contribution is -2.24. The Bertz CT molecular complexity index is 1100. The van der Waals surface area contributed by atoms with Gasteiger partial charge in [-0.2, -0.15) is 0 Å². The number of rotatable bonds is 5. The first-order valence-corrected chi connectivity index (χ1v) is 10.4. The predicted octanol–water partition coefficient (Wildman–Crippen LogP) is 3.46. The molecule has 0 aliphatic carbocycles. The molecule has 0 aliphatic heterocycles. The molecule has 2 aromatic carbocycles. The Morgan fingerprint density at radius 3 is 2.21 bits per heavy atom. The fourth-order valence-electron chi connectivity index (χ4n) is 2.54. The third kappa shape index (κ3) is 4.41. The number of aromatic nitrogens is 1. The number of hydrogen-bond donors (Lipinski definition) is 1. The Labute approximate surface area is 167 Å². The molecule has 1 N–H and O–H groups in total. The van der Waals surface area contributed by atoms with Gasteiger partial charge in [0, 0.05) is 29.5 Å². The molecule has 28 heavy (non-hydrogen) atoms. The van der Waals surface area contributed by atoms with Crippen LogP contribution in [-0.2, 0) is 21.1 Å². The van der Waals surface area contributed by atoms with E-state index in [9.17, 15) is 18.4 Å². The predicted molar refractivity (Wildman–Crippen MR) is 104 cm³/mol. The summed E-state index contributed by atoms with van der Waals surface area (Å²) in [7, 11) is -2.11. The second-order valence-corrected chi connectivity index (χ2v) is 8.64. The molecule has 1 amide bonds. The van der Waals surface area contributed by atoms with Crippen LogP contribution in [0.1, 0.15) is 5.89 Å². The van der Waals surface area contributed by atoms with Crippen molar-refractivity contribution in [1.82, 2.24) is 10.0 Å². The normalized spacial score (nSPS) is 11.4. The van der Waals surface area contributed by atoms with Gasteiger partial charge < -0.3 is 4.42 Å². The summed E-state index contributed by atoms with van der Waals surface area (Å²) >= 11 is 5.95. The Morgan fingerprint density at radius 1 is 1.11 bits per heavy atom. The van der Waals surface area contributed by atoms with Crippen molar-refractivity contribution in [2.24, 2.45) is 0 Å². The second-order valence-electron chi connectivity index (χ2n) is 6.18. The highest BCUT2D eigenvalue weighted by atomic mass is 35.5. The average molecular weight is 421 g/mol. The van der Waals surface area contributed by atoms with Gasteiger partial charge in [-0.25, -0.2) is 18.5 Å². The number of benzene rings is 2. The molecular formula is C19H17ClN2O5S. The summed E-state index contributed by atoms with van der Waals surface area (Å²) in [5, 5.41) is 10.3. The molecule has 0 saturated carbocycles. The number of amides is 1. The summed E-state index contributed by atoms with van der Waals surface area (Å²) in [5.74, 6) is -0.0771. The summed E-state index contributed by atoms with van der Waals surface area (Å²) in [6.45, 7) is 0. The summed E-state index contributed by atoms with van der Waals surface area (Å²) in [6.07, 6.45) is 0.902. The smallest absolute Gasteiger partial charge is 0.254 e. The monoisotopic (exact) mass is 420 g/mol. The van der Waals surface area contributed by atoms with Gasteiger partial charge >= 0.3 is 0 Å². The highest BCUT2D eigenvalue weighted by Gasteiger charge is 2.20. The minimum absolute atomic E-state index is 0.123. The Hall–Kier alpha value is -2.68. The first kappa shape index (κ1) is 20.1. The van der Waals surface area contributed by atoms with Crippen molar-refractivity contribution >= 4 is 27.3 Å². The maximum Gasteiger partial charge on any atom is 0.254 e. The summed E-state index contributed by atoms with van der Waals surface area (Å²) in [6, 6.07) is 13.1. The molecule has 0 aliphatic rings. The zero-order chi connectivity index (χ0) is 20.5. The molecule has 7 nitrogen and oxygen atoms in total. The molecule has 3 aromatic rings. The molecule has 0 fully saturated rings. The van der Waals surface area contributed by atoms with Crippen molar-refractivity contribution in [3.05, 3.63) is 59.4 Å². The molecule has 9 heteroatoms. The fourth-order valence-corrected chi connectivity index (χ4v) is 3.29. The lowest BCUT2D eigenvalue weighted by atomic mass is 10.1. The third-order valence-corrected chi connectivity index (χ3v) is 5.38. The van der Waals surface area contributed by atoms with Crippen molar-refractivity contribution in [2.45, 2.75) is 11.3 Å². The van der Waals surface area contributed by atoms with Gasteiger partial charge in [-0.05, 0) is 36.4 Å². The van der Waals surface area contributed by atoms with Gasteiger partial charge in [0.25, 0.3) is 5.91 Å². The van der Waals surface area contributed by atoms with E-state index in [1.165, 1.54) is 19.2 Å². The first-order valence-electron chi connectivity index (χ1n) is 8.16. The van der Waals surface area contributed by atoms with Crippen molar-refractivity contribution in [3.8, 4) is 22.6 Å². The van der Waals surface area contributed by atoms with Crippen molar-refractivity contribution in [2.75, 3.05) is 13.3 Å². The van der Waals surface area contributed by atoms with E-state index in [1.54, 1.807) is 36.4 Å². The highest BCUT2D eigenvalue weighted by Crippen LogP contribution is 2.34. The maximum atomic E-state index is 11.8. The SMILES string of the molecule is CN(O)C(=O)Cc1nc(-c2ccc(Cl)cc2)c(-c2ccc(S(C)(=O)=O)cc2)o1. The summed E-state index contributed by atoms with van der Waals surface area (Å²) < 4.78 is 29.1. The third-order valence-electron chi connectivity index (χ3n) is 4.00. The Morgan fingerprint density at radius 2 is 1.68 bits per heavy atom. The van der Waals surface area contributed by atoms with E-state index >= 15 is 0 Å². The van der Waals surface area contributed by atoms with Crippen LogP contribution in [-0.4, -0.2) is 42.9 Å². The zero-order valence-electron chi connectivity index (χ0n) is 15.1. The topological polar surface area (TPSA) is 101 Å². The van der Waals surface area contributed by atoms with Crippen LogP contribution in [0.2, 0.25) is 5.02 Å². The molecule has 0 radical (unpaired) electrons. The van der Waals surface area contributed by atoms with Crippen LogP contribution in [0.4, 0.5) is 0 Å². The largest absolute Gasteiger partial charge is 0.439 e. The number of carbonyl (C=O) groups excluding carboxylic acids is 1. The highest BCUT2D eigenvalue weighted by molar-refractivity contribution is 7.90. The summed E-state index contributed by atoms with van der Waals surface area (Å²) in [4.78, 5) is 16.4. The lowest BCUT2D eigenvalue weighted by molar-refractivity contribution is -0.158. The minimum Gasteiger partial charge on any atom is -0.439 e. The van der Waals surface area contributed by atoms with Gasteiger partial charge in [-0.1, -0.05) is 23.7 Å². The van der Waals surface area contributed by atoms with Gasteiger partial charge in [0.15, 0.2) is 15.6 Å². The van der Waals surface area contributed by atoms with Crippen molar-refractivity contribution in [3.63, 3.8) is 0 Å². The molecule has 3 rings (SSSR count). The van der Waals surface area contributed by atoms with Crippen molar-refractivity contribution in [1.29, 1.82) is 0 Å². The maximum absolute atomic E-state index is 11.8. The lowest BCUT2D eigenvalue weighted by Gasteiger charge is -2.05. The number of halogens is 1. The molecule has 0 spiro atoms. The summed E-state index contributed by atoms with van der Waals surface area (Å²) in [5.41, 5.74) is 1.79. The number of likely N-dealkylation sites (N-methyl/N-ethyl adjacent to an activating group) is 1. The molecule has 1 aromatic heterocycles. The number of hydrogen-bond acceptors (Lipinski definition) is 6. The van der Waals surface area contributed by atoms with E-state index < -0.39 is 15.7 Å². The first-order chi connectivity index (χ1) is 13.1. The number of hydroxylamine groups is 2. The number of nitrogens with zero attached hydrogens (tertiary/aromatic N) is 2. The molecule has 0 atom stereocenters. The van der Waals surface area contributed by atoms with E-state index in [0.717, 1.165) is 6.26 Å². The van der Waals surface area contributed by atoms with E-state index in [-0.39, 0.29) is 17.2 Å². The van der Waals surface area contributed by atoms with Crippen LogP contribution in [0.15, 0.2) is 57.8 Å². The molecule has 146 valence electrons. The number of oxazole rings is 1. The van der Waals surface area contributed by atoms with Crippen LogP contribution < -0.4 is 0 Å². The minimum atomic E-state index is -3.33. The van der Waals surface area contributed by atoms with Gasteiger partial charge in [0.1, 0.15) is 12.1 Å². The standard InChI is InChI=1S/C19H17ClN2O5S/c1-22(24)17(23)11-16-21-18(12-3-7-14(20)8-4-12)19(27-16)13-5-9-15(10-6-13)28(2,25)26/h3-10,24H,11H2,1-2H3.